The van der Waals surface area contributed by atoms with Crippen molar-refractivity contribution in [3.63, 3.8) is 0 Å². The van der Waals surface area contributed by atoms with Gasteiger partial charge in [0.05, 0.1) is 170 Å². The molecular formula is C71H121N7O39P2S. The van der Waals surface area contributed by atoms with Crippen LogP contribution in [0.15, 0.2) is 0 Å². The number of phosphoric ester groups is 2. The molecule has 46 nitrogen and oxygen atoms in total. The molecule has 1 saturated heterocycles. The van der Waals surface area contributed by atoms with Gasteiger partial charge in [-0.15, -0.1) is 11.8 Å². The van der Waals surface area contributed by atoms with Crippen molar-refractivity contribution in [2.24, 2.45) is 0 Å². The predicted octanol–water partition coefficient (Wildman–Crippen LogP) is 0.223. The fourth-order valence-corrected chi connectivity index (χ4v) is 13.8. The van der Waals surface area contributed by atoms with Crippen LogP contribution in [0.3, 0.4) is 0 Å². The van der Waals surface area contributed by atoms with Crippen LogP contribution in [-0.2, 0) is 137 Å². The molecule has 0 saturated carbocycles. The average molecular weight is 1790 g/mol. The highest BCUT2D eigenvalue weighted by Crippen LogP contribution is 2.43. The summed E-state index contributed by atoms with van der Waals surface area (Å²) in [5, 5.41) is 83.0. The van der Waals surface area contributed by atoms with Gasteiger partial charge in [-0.2, -0.15) is 0 Å². The van der Waals surface area contributed by atoms with E-state index in [-0.39, 0.29) is 201 Å². The number of carboxylic acids is 8. The third kappa shape index (κ3) is 56.5. The quantitative estimate of drug-likeness (QED) is 0.0220. The molecule has 0 radical (unpaired) electrons. The summed E-state index contributed by atoms with van der Waals surface area (Å²) in [4.78, 5) is 208. The van der Waals surface area contributed by atoms with Gasteiger partial charge in [-0.3, -0.25) is 110 Å². The van der Waals surface area contributed by atoms with Gasteiger partial charge in [0, 0.05) is 65.3 Å². The summed E-state index contributed by atoms with van der Waals surface area (Å²) in [6.07, 6.45) is 1.73. The number of nitrogens with one attached hydrogen (secondary N) is 3. The number of ketones is 2. The maximum absolute atomic E-state index is 14.2. The van der Waals surface area contributed by atoms with E-state index in [4.69, 9.17) is 51.8 Å². The number of thioether (sulfide) groups is 1. The zero-order chi connectivity index (χ0) is 89.7. The van der Waals surface area contributed by atoms with Gasteiger partial charge in [-0.05, 0) is 76.9 Å². The van der Waals surface area contributed by atoms with E-state index in [0.29, 0.717) is 51.3 Å². The molecule has 0 aromatic carbocycles. The number of aliphatic carboxylic acids is 8. The number of phosphoric acid groups is 2. The van der Waals surface area contributed by atoms with Crippen molar-refractivity contribution in [2.75, 3.05) is 197 Å². The highest BCUT2D eigenvalue weighted by molar-refractivity contribution is 8.00. The lowest BCUT2D eigenvalue weighted by molar-refractivity contribution is -0.152. The zero-order valence-corrected chi connectivity index (χ0v) is 70.5. The fourth-order valence-electron chi connectivity index (χ4n) is 11.5. The van der Waals surface area contributed by atoms with Crippen LogP contribution < -0.4 is 16.0 Å². The fraction of sp³-hybridized carbons (Fsp3) is 0.789. The van der Waals surface area contributed by atoms with Crippen molar-refractivity contribution in [3.8, 4) is 0 Å². The minimum Gasteiger partial charge on any atom is -0.480 e. The molecule has 0 aromatic heterocycles. The van der Waals surface area contributed by atoms with E-state index in [1.165, 1.54) is 18.7 Å². The lowest BCUT2D eigenvalue weighted by Crippen LogP contribution is -2.59. The minimum atomic E-state index is -4.39. The molecule has 1 heterocycles. The molecule has 7 atom stereocenters. The molecule has 5 amide bonds. The lowest BCUT2D eigenvalue weighted by atomic mass is 10.0. The Morgan fingerprint density at radius 1 is 0.433 bits per heavy atom. The van der Waals surface area contributed by atoms with Crippen LogP contribution in [0.1, 0.15) is 135 Å². The number of amides is 5. The molecule has 690 valence electrons. The van der Waals surface area contributed by atoms with E-state index in [1.54, 1.807) is 0 Å². The SMILES string of the molecule is COP(=O)(O)OCCOCCOCCOCCOCCOCCOP(=O)(O)OCCCCCCSC1CC(=O)N(CCC(=O)NC(COCCC(=O)CCCCCC(C(=O)O)N(CC(=O)O)CC(=O)O)(COCCC(=O)NCCCCC(C(=O)O)N(CC(C)=O)CC(=O)O)COCCC(=O)NCCCCC(C(=O)O)N(CC(=O)O)CC(=O)O)C1=O. The topological polar surface area (TPSA) is 652 Å². The predicted molar refractivity (Wildman–Crippen MR) is 416 cm³/mol. The Morgan fingerprint density at radius 3 is 1.20 bits per heavy atom. The third-order valence-corrected chi connectivity index (χ3v) is 20.5. The Morgan fingerprint density at radius 2 is 0.800 bits per heavy atom. The molecule has 1 fully saturated rings. The number of rotatable bonds is 83. The highest BCUT2D eigenvalue weighted by Gasteiger charge is 2.41. The number of carbonyl (C=O) groups excluding carboxylic acids is 7. The number of unbranched alkanes of at least 4 members (excludes halogenated alkanes) is 7. The van der Waals surface area contributed by atoms with Crippen LogP contribution in [0.4, 0.5) is 0 Å². The van der Waals surface area contributed by atoms with Gasteiger partial charge in [0.15, 0.2) is 0 Å². The summed E-state index contributed by atoms with van der Waals surface area (Å²) >= 11 is 1.23. The van der Waals surface area contributed by atoms with E-state index >= 15 is 0 Å². The number of carboxylic acid groups (broad SMARTS) is 8. The Kier molecular flexibility index (Phi) is 60.4. The second-order valence-electron chi connectivity index (χ2n) is 27.3. The van der Waals surface area contributed by atoms with Crippen molar-refractivity contribution in [1.82, 2.24) is 35.6 Å². The third-order valence-electron chi connectivity index (χ3n) is 17.3. The first-order valence-electron chi connectivity index (χ1n) is 39.0. The molecule has 0 aliphatic carbocycles. The largest absolute Gasteiger partial charge is 0.480 e. The van der Waals surface area contributed by atoms with E-state index in [0.717, 1.165) is 26.7 Å². The van der Waals surface area contributed by atoms with Crippen molar-refractivity contribution in [1.29, 1.82) is 0 Å². The monoisotopic (exact) mass is 1790 g/mol. The number of likely N-dealkylation sites (tertiary alicyclic amines) is 1. The number of carbonyl (C=O) groups is 15. The van der Waals surface area contributed by atoms with Gasteiger partial charge < -0.3 is 104 Å². The average Bonchev–Trinajstić information content (AvgIpc) is 1.70. The molecule has 0 spiro atoms. The van der Waals surface area contributed by atoms with Gasteiger partial charge in [-0.25, -0.2) is 9.13 Å². The van der Waals surface area contributed by atoms with Crippen molar-refractivity contribution < 1.29 is 188 Å². The van der Waals surface area contributed by atoms with Gasteiger partial charge in [-0.1, -0.05) is 25.7 Å². The molecule has 49 heteroatoms. The number of Topliss-reactive ketones (excluding diaryl/α,β-unsaturated/α-hetero) is 2. The smallest absolute Gasteiger partial charge is 0.472 e. The van der Waals surface area contributed by atoms with Gasteiger partial charge in [0.2, 0.25) is 29.5 Å². The van der Waals surface area contributed by atoms with Gasteiger partial charge in [0.1, 0.15) is 35.2 Å². The molecule has 13 N–H and O–H groups in total. The summed E-state index contributed by atoms with van der Waals surface area (Å²) < 4.78 is 87.3. The minimum absolute atomic E-state index is 0.00367. The van der Waals surface area contributed by atoms with E-state index in [1.807, 2.05) is 0 Å². The molecule has 1 rings (SSSR count). The normalized spacial score (nSPS) is 15.2. The van der Waals surface area contributed by atoms with Crippen LogP contribution in [0.25, 0.3) is 0 Å². The number of hydrogen-bond donors (Lipinski definition) is 13. The van der Waals surface area contributed by atoms with Gasteiger partial charge in [0.25, 0.3) is 0 Å². The summed E-state index contributed by atoms with van der Waals surface area (Å²) in [7, 11) is -7.39. The summed E-state index contributed by atoms with van der Waals surface area (Å²) in [6.45, 7) is -4.47. The van der Waals surface area contributed by atoms with E-state index < -0.39 is 200 Å². The molecule has 0 aromatic rings. The maximum Gasteiger partial charge on any atom is 0.472 e. The number of hydrogen-bond acceptors (Lipinski definition) is 33. The zero-order valence-electron chi connectivity index (χ0n) is 67.9. The first-order valence-corrected chi connectivity index (χ1v) is 43.0. The van der Waals surface area contributed by atoms with Crippen LogP contribution in [0.2, 0.25) is 0 Å². The number of nitrogens with zero attached hydrogens (tertiary/aromatic N) is 4. The summed E-state index contributed by atoms with van der Waals surface area (Å²) in [5.41, 5.74) is -1.74. The maximum atomic E-state index is 14.2. The van der Waals surface area contributed by atoms with Crippen molar-refractivity contribution >= 4 is 116 Å². The number of ether oxygens (including phenoxy) is 8. The summed E-state index contributed by atoms with van der Waals surface area (Å²) in [5.74, 6) is -14.7. The Balaban J connectivity index is 3.09. The standard InChI is InChI=1S/C71H121N7O39P2S/c1-52(79)43-75(44-62(85)86)54(68(96)97)16-8-10-22-72-58(81)20-27-113-50-71(49-112-26-19-53(80)14-6-5-7-15-55(69(98)99)76(45-63(87)88)46-64(89)90,51-114-28-21-59(82)73-23-11-9-17-56(70(100)101)77(47-65(91)92)48-66(93)94)74-60(83)18-24-78-61(84)42-57(67(78)95)120-41-13-4-3-12-25-115-119(104,105)117-40-38-111-36-34-109-32-30-107-29-31-108-33-35-110-37-39-116-118(102,103)106-2/h54-57H,3-51H2,1-2H3,(H,72,81)(H,73,82)(H,74,83)(H,85,86)(H,87,88)(H,89,90)(H,91,92)(H,93,94)(H,96,97)(H,98,99)(H,100,101)(H,102,103)(H,104,105). The second-order valence-corrected chi connectivity index (χ2v) is 31.6. The number of imide groups is 1. The van der Waals surface area contributed by atoms with Crippen LogP contribution >= 0.6 is 27.4 Å². The van der Waals surface area contributed by atoms with Crippen LogP contribution in [0.5, 0.6) is 0 Å². The molecule has 0 bridgehead atoms. The molecular weight excluding hydrogens is 1670 g/mol. The van der Waals surface area contributed by atoms with E-state index in [9.17, 15) is 127 Å². The molecule has 120 heavy (non-hydrogen) atoms. The summed E-state index contributed by atoms with van der Waals surface area (Å²) in [6, 6.07) is -4.24. The molecule has 7 unspecified atom stereocenters. The van der Waals surface area contributed by atoms with E-state index in [2.05, 4.69) is 25.0 Å². The Labute approximate surface area is 698 Å². The van der Waals surface area contributed by atoms with Crippen LogP contribution in [0, 0.1) is 0 Å². The second kappa shape index (κ2) is 65.4. The Bertz CT molecular complexity index is 2990. The molecule has 1 aliphatic rings. The first-order chi connectivity index (χ1) is 56.9. The van der Waals surface area contributed by atoms with Crippen LogP contribution in [-0.4, -0.2) is 385 Å². The lowest BCUT2D eigenvalue weighted by Gasteiger charge is -2.34. The Hall–Kier alpha value is -7.22. The van der Waals surface area contributed by atoms with Crippen molar-refractivity contribution in [3.05, 3.63) is 0 Å². The van der Waals surface area contributed by atoms with Crippen molar-refractivity contribution in [2.45, 2.75) is 164 Å². The highest BCUT2D eigenvalue weighted by atomic mass is 32.2. The molecule has 1 aliphatic heterocycles. The van der Waals surface area contributed by atoms with Gasteiger partial charge >= 0.3 is 63.4 Å². The first kappa shape index (κ1) is 111.